The van der Waals surface area contributed by atoms with E-state index in [0.29, 0.717) is 0 Å². The van der Waals surface area contributed by atoms with Gasteiger partial charge in [0.1, 0.15) is 6.10 Å². The van der Waals surface area contributed by atoms with Crippen molar-refractivity contribution in [3.63, 3.8) is 0 Å². The molecular weight excluding hydrogens is 170 g/mol. The highest BCUT2D eigenvalue weighted by molar-refractivity contribution is 5.76. The molecule has 0 aromatic heterocycles. The zero-order valence-corrected chi connectivity index (χ0v) is 7.58. The minimum atomic E-state index is -0.0853. The number of esters is 1. The van der Waals surface area contributed by atoms with Gasteiger partial charge in [-0.05, 0) is 12.8 Å². The van der Waals surface area contributed by atoms with Crippen LogP contribution in [-0.2, 0) is 14.3 Å². The van der Waals surface area contributed by atoms with Crippen molar-refractivity contribution >= 4 is 11.9 Å². The minimum absolute atomic E-state index is 0.0237. The Bertz CT molecular complexity index is 251. The Morgan fingerprint density at radius 3 is 2.85 bits per heavy atom. The SMILES string of the molecule is CC(=O)N[C@@H]1C[C@H]2C[C@@H](C1)C(=O)O2. The van der Waals surface area contributed by atoms with E-state index in [2.05, 4.69) is 5.32 Å². The normalized spacial score (nSPS) is 37.0. The Hall–Kier alpha value is -1.06. The van der Waals surface area contributed by atoms with E-state index < -0.39 is 0 Å². The van der Waals surface area contributed by atoms with Crippen LogP contribution in [0.15, 0.2) is 0 Å². The minimum Gasteiger partial charge on any atom is -0.462 e. The third kappa shape index (κ3) is 1.66. The molecule has 1 aliphatic carbocycles. The number of ether oxygens (including phenoxy) is 1. The number of carbonyl (C=O) groups is 2. The van der Waals surface area contributed by atoms with Crippen molar-refractivity contribution in [2.24, 2.45) is 5.92 Å². The first kappa shape index (κ1) is 8.53. The van der Waals surface area contributed by atoms with Crippen LogP contribution in [0.25, 0.3) is 0 Å². The van der Waals surface area contributed by atoms with Gasteiger partial charge >= 0.3 is 5.97 Å². The van der Waals surface area contributed by atoms with Crippen molar-refractivity contribution in [2.45, 2.75) is 38.3 Å². The van der Waals surface area contributed by atoms with E-state index in [1.54, 1.807) is 0 Å². The lowest BCUT2D eigenvalue weighted by Gasteiger charge is -2.24. The largest absolute Gasteiger partial charge is 0.462 e. The summed E-state index contributed by atoms with van der Waals surface area (Å²) < 4.78 is 5.11. The van der Waals surface area contributed by atoms with E-state index in [4.69, 9.17) is 4.74 Å². The summed E-state index contributed by atoms with van der Waals surface area (Å²) in [6.45, 7) is 1.50. The molecule has 4 nitrogen and oxygen atoms in total. The third-order valence-corrected chi connectivity index (χ3v) is 2.69. The molecule has 2 bridgehead atoms. The van der Waals surface area contributed by atoms with E-state index in [1.165, 1.54) is 6.92 Å². The van der Waals surface area contributed by atoms with Crippen molar-refractivity contribution in [3.05, 3.63) is 0 Å². The Balaban J connectivity index is 1.97. The van der Waals surface area contributed by atoms with E-state index >= 15 is 0 Å². The van der Waals surface area contributed by atoms with Gasteiger partial charge in [0.05, 0.1) is 5.92 Å². The zero-order valence-electron chi connectivity index (χ0n) is 7.58. The van der Waals surface area contributed by atoms with Gasteiger partial charge < -0.3 is 10.1 Å². The summed E-state index contributed by atoms with van der Waals surface area (Å²) in [7, 11) is 0. The summed E-state index contributed by atoms with van der Waals surface area (Å²) >= 11 is 0. The molecular formula is C9H13NO3. The molecule has 0 aromatic carbocycles. The summed E-state index contributed by atoms with van der Waals surface area (Å²) in [6, 6.07) is 0.132. The Kier molecular flexibility index (Phi) is 1.98. The standard InChI is InChI=1S/C9H13NO3/c1-5(11)10-7-2-6-3-8(4-7)13-9(6)12/h6-8H,2-4H2,1H3,(H,10,11)/t6-,7+,8-/m1/s1. The molecule has 1 saturated carbocycles. The first-order valence-corrected chi connectivity index (χ1v) is 4.62. The van der Waals surface area contributed by atoms with E-state index in [9.17, 15) is 9.59 Å². The first-order chi connectivity index (χ1) is 6.15. The monoisotopic (exact) mass is 183 g/mol. The lowest BCUT2D eigenvalue weighted by atomic mass is 9.86. The Labute approximate surface area is 76.6 Å². The fourth-order valence-electron chi connectivity index (χ4n) is 2.22. The molecule has 1 heterocycles. The van der Waals surface area contributed by atoms with E-state index in [1.807, 2.05) is 0 Å². The van der Waals surface area contributed by atoms with Crippen LogP contribution in [0.4, 0.5) is 0 Å². The average molecular weight is 183 g/mol. The van der Waals surface area contributed by atoms with Crippen LogP contribution in [0.2, 0.25) is 0 Å². The van der Waals surface area contributed by atoms with E-state index in [0.717, 1.165) is 19.3 Å². The van der Waals surface area contributed by atoms with E-state index in [-0.39, 0.29) is 29.9 Å². The second-order valence-electron chi connectivity index (χ2n) is 3.86. The quantitative estimate of drug-likeness (QED) is 0.591. The number of nitrogens with one attached hydrogen (secondary N) is 1. The van der Waals surface area contributed by atoms with Crippen molar-refractivity contribution in [1.29, 1.82) is 0 Å². The summed E-state index contributed by atoms with van der Waals surface area (Å²) in [5, 5.41) is 2.83. The molecule has 0 aromatic rings. The lowest BCUT2D eigenvalue weighted by Crippen LogP contribution is -2.39. The van der Waals surface area contributed by atoms with Gasteiger partial charge in [-0.2, -0.15) is 0 Å². The van der Waals surface area contributed by atoms with Gasteiger partial charge in [0.2, 0.25) is 5.91 Å². The highest BCUT2D eigenvalue weighted by Crippen LogP contribution is 2.34. The number of fused-ring (bicyclic) bond motifs is 2. The van der Waals surface area contributed by atoms with Gasteiger partial charge in [-0.25, -0.2) is 0 Å². The smallest absolute Gasteiger partial charge is 0.309 e. The number of rotatable bonds is 1. The molecule has 1 N–H and O–H groups in total. The Morgan fingerprint density at radius 2 is 2.23 bits per heavy atom. The van der Waals surface area contributed by atoms with Crippen LogP contribution < -0.4 is 5.32 Å². The van der Waals surface area contributed by atoms with Gasteiger partial charge in [-0.15, -0.1) is 0 Å². The van der Waals surface area contributed by atoms with Crippen molar-refractivity contribution < 1.29 is 14.3 Å². The first-order valence-electron chi connectivity index (χ1n) is 4.62. The highest BCUT2D eigenvalue weighted by Gasteiger charge is 2.41. The molecule has 0 unspecified atom stereocenters. The average Bonchev–Trinajstić information content (AvgIpc) is 2.25. The second-order valence-corrected chi connectivity index (χ2v) is 3.86. The van der Waals surface area contributed by atoms with Crippen LogP contribution in [0.1, 0.15) is 26.2 Å². The predicted molar refractivity (Wildman–Crippen MR) is 44.8 cm³/mol. The summed E-state index contributed by atoms with van der Waals surface area (Å²) in [6.07, 6.45) is 2.41. The maximum atomic E-state index is 11.2. The predicted octanol–water partition coefficient (Wildman–Crippen LogP) is 0.217. The fraction of sp³-hybridized carbons (Fsp3) is 0.778. The molecule has 0 radical (unpaired) electrons. The van der Waals surface area contributed by atoms with Gasteiger partial charge in [-0.1, -0.05) is 0 Å². The molecule has 1 aliphatic heterocycles. The maximum absolute atomic E-state index is 11.2. The molecule has 0 spiro atoms. The van der Waals surface area contributed by atoms with Crippen molar-refractivity contribution in [1.82, 2.24) is 5.32 Å². The third-order valence-electron chi connectivity index (χ3n) is 2.69. The topological polar surface area (TPSA) is 55.4 Å². The summed E-state index contributed by atoms with van der Waals surface area (Å²) in [5.41, 5.74) is 0. The van der Waals surface area contributed by atoms with Crippen LogP contribution in [0.3, 0.4) is 0 Å². The summed E-state index contributed by atoms with van der Waals surface area (Å²) in [4.78, 5) is 21.9. The summed E-state index contributed by atoms with van der Waals surface area (Å²) in [5.74, 6) is -0.0906. The lowest BCUT2D eigenvalue weighted by molar-refractivity contribution is -0.143. The van der Waals surface area contributed by atoms with Gasteiger partial charge in [-0.3, -0.25) is 9.59 Å². The number of amides is 1. The number of hydrogen-bond donors (Lipinski definition) is 1. The van der Waals surface area contributed by atoms with Gasteiger partial charge in [0.25, 0.3) is 0 Å². The fourth-order valence-corrected chi connectivity index (χ4v) is 2.22. The van der Waals surface area contributed by atoms with Crippen LogP contribution >= 0.6 is 0 Å². The molecule has 3 atom stereocenters. The number of carbonyl (C=O) groups excluding carboxylic acids is 2. The van der Waals surface area contributed by atoms with Crippen molar-refractivity contribution in [3.8, 4) is 0 Å². The molecule has 2 fully saturated rings. The molecule has 13 heavy (non-hydrogen) atoms. The van der Waals surface area contributed by atoms with Gasteiger partial charge in [0.15, 0.2) is 0 Å². The van der Waals surface area contributed by atoms with Gasteiger partial charge in [0, 0.05) is 19.4 Å². The Morgan fingerprint density at radius 1 is 1.46 bits per heavy atom. The molecule has 2 rings (SSSR count). The highest BCUT2D eigenvalue weighted by atomic mass is 16.6. The zero-order chi connectivity index (χ0) is 9.42. The molecule has 4 heteroatoms. The van der Waals surface area contributed by atoms with Crippen LogP contribution in [0, 0.1) is 5.92 Å². The molecule has 1 saturated heterocycles. The molecule has 72 valence electrons. The van der Waals surface area contributed by atoms with Crippen LogP contribution in [0.5, 0.6) is 0 Å². The molecule has 1 amide bonds. The molecule has 2 aliphatic rings. The number of hydrogen-bond acceptors (Lipinski definition) is 3. The van der Waals surface area contributed by atoms with Crippen molar-refractivity contribution in [2.75, 3.05) is 0 Å². The second kappa shape index (κ2) is 3.01. The maximum Gasteiger partial charge on any atom is 0.309 e. The van der Waals surface area contributed by atoms with Crippen LogP contribution in [-0.4, -0.2) is 24.0 Å².